The zero-order valence-electron chi connectivity index (χ0n) is 16.4. The lowest BCUT2D eigenvalue weighted by atomic mass is 10.1. The van der Waals surface area contributed by atoms with Crippen LogP contribution >= 0.6 is 11.6 Å². The molecule has 0 radical (unpaired) electrons. The van der Waals surface area contributed by atoms with Crippen molar-refractivity contribution >= 4 is 29.3 Å². The van der Waals surface area contributed by atoms with E-state index in [2.05, 4.69) is 5.32 Å². The van der Waals surface area contributed by atoms with E-state index in [0.29, 0.717) is 37.5 Å². The third-order valence-corrected chi connectivity index (χ3v) is 5.15. The number of piperazine rings is 1. The highest BCUT2D eigenvalue weighted by molar-refractivity contribution is 6.33. The number of methoxy groups -OCH3 is 1. The van der Waals surface area contributed by atoms with Crippen molar-refractivity contribution in [3.8, 4) is 5.75 Å². The maximum atomic E-state index is 13.2. The van der Waals surface area contributed by atoms with Crippen molar-refractivity contribution in [3.63, 3.8) is 0 Å². The SMILES string of the molecule is COc1ccc(C(=O)NCC(=O)N2CCN(C(=O)c3ccc(F)cc3Cl)CC2)cc1. The minimum atomic E-state index is -0.511. The molecule has 1 aliphatic heterocycles. The summed E-state index contributed by atoms with van der Waals surface area (Å²) in [6.45, 7) is 1.18. The summed E-state index contributed by atoms with van der Waals surface area (Å²) in [6.07, 6.45) is 0. The van der Waals surface area contributed by atoms with Crippen LogP contribution < -0.4 is 10.1 Å². The Bertz CT molecular complexity index is 944. The second kappa shape index (κ2) is 9.58. The number of rotatable bonds is 5. The van der Waals surface area contributed by atoms with E-state index in [-0.39, 0.29) is 34.9 Å². The number of nitrogens with one attached hydrogen (secondary N) is 1. The van der Waals surface area contributed by atoms with Gasteiger partial charge in [0.15, 0.2) is 0 Å². The van der Waals surface area contributed by atoms with Crippen LogP contribution in [0.1, 0.15) is 20.7 Å². The Labute approximate surface area is 178 Å². The Hall–Kier alpha value is -3.13. The van der Waals surface area contributed by atoms with E-state index in [1.54, 1.807) is 34.1 Å². The molecule has 0 spiro atoms. The van der Waals surface area contributed by atoms with Crippen molar-refractivity contribution in [3.05, 3.63) is 64.4 Å². The molecule has 1 heterocycles. The van der Waals surface area contributed by atoms with Crippen LogP contribution in [0, 0.1) is 5.82 Å². The first-order chi connectivity index (χ1) is 14.4. The Kier molecular flexibility index (Phi) is 6.89. The third-order valence-electron chi connectivity index (χ3n) is 4.83. The molecule has 0 unspecified atom stereocenters. The first-order valence-corrected chi connectivity index (χ1v) is 9.71. The van der Waals surface area contributed by atoms with Crippen LogP contribution in [0.3, 0.4) is 0 Å². The zero-order chi connectivity index (χ0) is 21.7. The maximum Gasteiger partial charge on any atom is 0.255 e. The van der Waals surface area contributed by atoms with E-state index < -0.39 is 5.82 Å². The summed E-state index contributed by atoms with van der Waals surface area (Å²) in [6, 6.07) is 10.2. The Balaban J connectivity index is 1.48. The van der Waals surface area contributed by atoms with E-state index in [4.69, 9.17) is 16.3 Å². The minimum Gasteiger partial charge on any atom is -0.497 e. The molecule has 9 heteroatoms. The molecule has 1 saturated heterocycles. The molecule has 1 aliphatic rings. The highest BCUT2D eigenvalue weighted by Gasteiger charge is 2.26. The number of carbonyl (C=O) groups is 3. The summed E-state index contributed by atoms with van der Waals surface area (Å²) >= 11 is 5.96. The summed E-state index contributed by atoms with van der Waals surface area (Å²) in [5, 5.41) is 2.66. The lowest BCUT2D eigenvalue weighted by Gasteiger charge is -2.35. The van der Waals surface area contributed by atoms with Gasteiger partial charge in [-0.15, -0.1) is 0 Å². The van der Waals surface area contributed by atoms with Gasteiger partial charge in [-0.25, -0.2) is 4.39 Å². The molecule has 2 aromatic rings. The van der Waals surface area contributed by atoms with Crippen molar-refractivity contribution in [1.29, 1.82) is 0 Å². The second-order valence-electron chi connectivity index (χ2n) is 6.71. The molecule has 0 saturated carbocycles. The molecule has 0 atom stereocenters. The van der Waals surface area contributed by atoms with Crippen LogP contribution in [0.2, 0.25) is 5.02 Å². The fraction of sp³-hybridized carbons (Fsp3) is 0.286. The van der Waals surface area contributed by atoms with Crippen molar-refractivity contribution in [1.82, 2.24) is 15.1 Å². The Morgan fingerprint density at radius 2 is 1.67 bits per heavy atom. The average molecular weight is 434 g/mol. The minimum absolute atomic E-state index is 0.0553. The van der Waals surface area contributed by atoms with Gasteiger partial charge in [0.2, 0.25) is 5.91 Å². The molecule has 0 aromatic heterocycles. The molecular weight excluding hydrogens is 413 g/mol. The molecule has 158 valence electrons. The van der Waals surface area contributed by atoms with Gasteiger partial charge >= 0.3 is 0 Å². The fourth-order valence-electron chi connectivity index (χ4n) is 3.10. The standard InChI is InChI=1S/C21H21ClFN3O4/c1-30-16-5-2-14(3-6-16)20(28)24-13-19(27)25-8-10-26(11-9-25)21(29)17-7-4-15(23)12-18(17)22/h2-7,12H,8-11,13H2,1H3,(H,24,28). The number of halogens is 2. The number of ether oxygens (including phenoxy) is 1. The molecule has 7 nitrogen and oxygen atoms in total. The first-order valence-electron chi connectivity index (χ1n) is 9.33. The van der Waals surface area contributed by atoms with Crippen LogP contribution in [0.4, 0.5) is 4.39 Å². The van der Waals surface area contributed by atoms with Crippen LogP contribution in [0.5, 0.6) is 5.75 Å². The predicted molar refractivity (Wildman–Crippen MR) is 109 cm³/mol. The second-order valence-corrected chi connectivity index (χ2v) is 7.12. The summed E-state index contributed by atoms with van der Waals surface area (Å²) in [7, 11) is 1.54. The van der Waals surface area contributed by atoms with E-state index in [0.717, 1.165) is 6.07 Å². The van der Waals surface area contributed by atoms with Crippen LogP contribution in [0.25, 0.3) is 0 Å². The third kappa shape index (κ3) is 5.07. The number of nitrogens with zero attached hydrogens (tertiary/aromatic N) is 2. The topological polar surface area (TPSA) is 79.0 Å². The van der Waals surface area contributed by atoms with Gasteiger partial charge < -0.3 is 19.9 Å². The lowest BCUT2D eigenvalue weighted by Crippen LogP contribution is -2.52. The van der Waals surface area contributed by atoms with Crippen molar-refractivity contribution < 1.29 is 23.5 Å². The summed E-state index contributed by atoms with van der Waals surface area (Å²) in [5.74, 6) is -0.768. The zero-order valence-corrected chi connectivity index (χ0v) is 17.1. The Morgan fingerprint density at radius 3 is 2.27 bits per heavy atom. The van der Waals surface area contributed by atoms with Gasteiger partial charge in [-0.1, -0.05) is 11.6 Å². The molecular formula is C21H21ClFN3O4. The molecule has 1 fully saturated rings. The molecule has 1 N–H and O–H groups in total. The Morgan fingerprint density at radius 1 is 1.03 bits per heavy atom. The van der Waals surface area contributed by atoms with E-state index in [1.807, 2.05) is 0 Å². The van der Waals surface area contributed by atoms with E-state index >= 15 is 0 Å². The van der Waals surface area contributed by atoms with Gasteiger partial charge in [-0.05, 0) is 42.5 Å². The van der Waals surface area contributed by atoms with Crippen molar-refractivity contribution in [2.45, 2.75) is 0 Å². The van der Waals surface area contributed by atoms with Gasteiger partial charge in [0.1, 0.15) is 11.6 Å². The van der Waals surface area contributed by atoms with Gasteiger partial charge in [0.05, 0.1) is 24.2 Å². The van der Waals surface area contributed by atoms with Crippen molar-refractivity contribution in [2.75, 3.05) is 39.8 Å². The smallest absolute Gasteiger partial charge is 0.255 e. The molecule has 30 heavy (non-hydrogen) atoms. The van der Waals surface area contributed by atoms with Gasteiger partial charge in [-0.2, -0.15) is 0 Å². The first kappa shape index (κ1) is 21.6. The summed E-state index contributed by atoms with van der Waals surface area (Å²) in [5.41, 5.74) is 0.653. The lowest BCUT2D eigenvalue weighted by molar-refractivity contribution is -0.131. The van der Waals surface area contributed by atoms with Gasteiger partial charge in [-0.3, -0.25) is 14.4 Å². The number of hydrogen-bond donors (Lipinski definition) is 1. The van der Waals surface area contributed by atoms with Crippen LogP contribution in [-0.4, -0.2) is 67.4 Å². The predicted octanol–water partition coefficient (Wildman–Crippen LogP) is 2.20. The van der Waals surface area contributed by atoms with E-state index in [9.17, 15) is 18.8 Å². The van der Waals surface area contributed by atoms with Gasteiger partial charge in [0, 0.05) is 31.7 Å². The number of benzene rings is 2. The highest BCUT2D eigenvalue weighted by Crippen LogP contribution is 2.20. The summed E-state index contributed by atoms with van der Waals surface area (Å²) in [4.78, 5) is 40.3. The molecule has 3 amide bonds. The van der Waals surface area contributed by atoms with Gasteiger partial charge in [0.25, 0.3) is 11.8 Å². The molecule has 2 aromatic carbocycles. The highest BCUT2D eigenvalue weighted by atomic mass is 35.5. The quantitative estimate of drug-likeness (QED) is 0.784. The van der Waals surface area contributed by atoms with Crippen LogP contribution in [-0.2, 0) is 4.79 Å². The number of carbonyl (C=O) groups excluding carboxylic acids is 3. The largest absolute Gasteiger partial charge is 0.497 e. The van der Waals surface area contributed by atoms with Crippen molar-refractivity contribution in [2.24, 2.45) is 0 Å². The number of amides is 3. The number of hydrogen-bond acceptors (Lipinski definition) is 4. The maximum absolute atomic E-state index is 13.2. The fourth-order valence-corrected chi connectivity index (χ4v) is 3.35. The molecule has 3 rings (SSSR count). The van der Waals surface area contributed by atoms with Crippen LogP contribution in [0.15, 0.2) is 42.5 Å². The van der Waals surface area contributed by atoms with E-state index in [1.165, 1.54) is 19.2 Å². The molecule has 0 bridgehead atoms. The molecule has 0 aliphatic carbocycles. The normalized spacial score (nSPS) is 13.7. The monoisotopic (exact) mass is 433 g/mol. The summed E-state index contributed by atoms with van der Waals surface area (Å²) < 4.78 is 18.2. The average Bonchev–Trinajstić information content (AvgIpc) is 2.77.